The highest BCUT2D eigenvalue weighted by Crippen LogP contribution is 2.37. The first-order valence-corrected chi connectivity index (χ1v) is 6.19. The summed E-state index contributed by atoms with van der Waals surface area (Å²) in [5.41, 5.74) is 0.883. The van der Waals surface area contributed by atoms with Crippen molar-refractivity contribution < 1.29 is 9.47 Å². The fraction of sp³-hybridized carbons (Fsp3) is 0.357. The summed E-state index contributed by atoms with van der Waals surface area (Å²) in [4.78, 5) is 4.43. The number of methoxy groups -OCH3 is 2. The Morgan fingerprint density at radius 1 is 1.21 bits per heavy atom. The lowest BCUT2D eigenvalue weighted by molar-refractivity contribution is 0.396. The second-order valence-corrected chi connectivity index (χ2v) is 4.09. The van der Waals surface area contributed by atoms with Crippen molar-refractivity contribution in [3.05, 3.63) is 30.6 Å². The normalized spacial score (nSPS) is 10.5. The zero-order valence-corrected chi connectivity index (χ0v) is 11.5. The van der Waals surface area contributed by atoms with Crippen molar-refractivity contribution in [2.75, 3.05) is 27.8 Å². The molecule has 5 nitrogen and oxygen atoms in total. The van der Waals surface area contributed by atoms with Gasteiger partial charge in [0.2, 0.25) is 0 Å². The van der Waals surface area contributed by atoms with Gasteiger partial charge >= 0.3 is 0 Å². The van der Waals surface area contributed by atoms with Crippen molar-refractivity contribution in [1.82, 2.24) is 14.9 Å². The number of rotatable bonds is 6. The lowest BCUT2D eigenvalue weighted by Gasteiger charge is -2.14. The number of nitrogens with zero attached hydrogens (tertiary/aromatic N) is 2. The molecule has 0 aliphatic carbocycles. The lowest BCUT2D eigenvalue weighted by Crippen LogP contribution is -2.15. The maximum Gasteiger partial charge on any atom is 0.147 e. The van der Waals surface area contributed by atoms with Crippen molar-refractivity contribution in [3.63, 3.8) is 0 Å². The van der Waals surface area contributed by atoms with Gasteiger partial charge in [-0.1, -0.05) is 6.07 Å². The fourth-order valence-corrected chi connectivity index (χ4v) is 2.02. The van der Waals surface area contributed by atoms with E-state index in [0.717, 1.165) is 36.0 Å². The van der Waals surface area contributed by atoms with Gasteiger partial charge in [-0.05, 0) is 19.2 Å². The Hall–Kier alpha value is -2.01. The van der Waals surface area contributed by atoms with E-state index in [1.165, 1.54) is 0 Å². The summed E-state index contributed by atoms with van der Waals surface area (Å²) in [5.74, 6) is 2.37. The van der Waals surface area contributed by atoms with Crippen LogP contribution in [-0.4, -0.2) is 37.4 Å². The summed E-state index contributed by atoms with van der Waals surface area (Å²) < 4.78 is 12.9. The van der Waals surface area contributed by atoms with Crippen molar-refractivity contribution in [1.29, 1.82) is 0 Å². The van der Waals surface area contributed by atoms with Crippen LogP contribution < -0.4 is 14.8 Å². The molecule has 2 aromatic rings. The Morgan fingerprint density at radius 2 is 1.89 bits per heavy atom. The summed E-state index contributed by atoms with van der Waals surface area (Å²) in [6.07, 6.45) is 3.75. The first kappa shape index (κ1) is 13.4. The van der Waals surface area contributed by atoms with Gasteiger partial charge in [0.1, 0.15) is 22.9 Å². The fourth-order valence-electron chi connectivity index (χ4n) is 2.02. The minimum Gasteiger partial charge on any atom is -0.496 e. The molecule has 1 heterocycles. The smallest absolute Gasteiger partial charge is 0.147 e. The van der Waals surface area contributed by atoms with Gasteiger partial charge in [0.15, 0.2) is 0 Å². The highest BCUT2D eigenvalue weighted by molar-refractivity contribution is 5.72. The van der Waals surface area contributed by atoms with Crippen LogP contribution in [0.4, 0.5) is 0 Å². The minimum absolute atomic E-state index is 0.760. The molecule has 2 rings (SSSR count). The number of nitrogens with one attached hydrogen (secondary N) is 1. The van der Waals surface area contributed by atoms with Crippen LogP contribution in [0.2, 0.25) is 0 Å². The predicted octanol–water partition coefficient (Wildman–Crippen LogP) is 1.79. The van der Waals surface area contributed by atoms with Gasteiger partial charge < -0.3 is 19.4 Å². The molecule has 0 saturated carbocycles. The molecule has 1 aromatic carbocycles. The first-order chi connectivity index (χ1) is 9.31. The Kier molecular flexibility index (Phi) is 4.41. The average Bonchev–Trinajstić information content (AvgIpc) is 2.91. The average molecular weight is 261 g/mol. The van der Waals surface area contributed by atoms with Crippen molar-refractivity contribution >= 4 is 0 Å². The molecule has 0 fully saturated rings. The Morgan fingerprint density at radius 3 is 2.47 bits per heavy atom. The number of aromatic nitrogens is 2. The van der Waals surface area contributed by atoms with Gasteiger partial charge in [-0.15, -0.1) is 0 Å². The van der Waals surface area contributed by atoms with Gasteiger partial charge in [0.05, 0.1) is 14.2 Å². The molecule has 0 saturated heterocycles. The highest BCUT2D eigenvalue weighted by atomic mass is 16.5. The minimum atomic E-state index is 0.760. The lowest BCUT2D eigenvalue weighted by atomic mass is 10.1. The molecule has 0 spiro atoms. The van der Waals surface area contributed by atoms with Crippen LogP contribution in [0, 0.1) is 0 Å². The molecule has 0 atom stereocenters. The van der Waals surface area contributed by atoms with Gasteiger partial charge in [-0.3, -0.25) is 0 Å². The van der Waals surface area contributed by atoms with Crippen LogP contribution in [0.1, 0.15) is 0 Å². The topological polar surface area (TPSA) is 48.3 Å². The van der Waals surface area contributed by atoms with Crippen LogP contribution >= 0.6 is 0 Å². The quantitative estimate of drug-likeness (QED) is 0.861. The number of imidazole rings is 1. The van der Waals surface area contributed by atoms with Crippen molar-refractivity contribution in [3.8, 4) is 22.9 Å². The van der Waals surface area contributed by atoms with E-state index in [1.54, 1.807) is 20.4 Å². The highest BCUT2D eigenvalue weighted by Gasteiger charge is 2.16. The Balaban J connectivity index is 2.48. The third-order valence-electron chi connectivity index (χ3n) is 2.97. The zero-order valence-electron chi connectivity index (χ0n) is 11.5. The van der Waals surface area contributed by atoms with Crippen LogP contribution in [-0.2, 0) is 6.54 Å². The summed E-state index contributed by atoms with van der Waals surface area (Å²) in [6, 6.07) is 5.73. The third-order valence-corrected chi connectivity index (χ3v) is 2.97. The summed E-state index contributed by atoms with van der Waals surface area (Å²) in [5, 5.41) is 3.13. The van der Waals surface area contributed by atoms with E-state index >= 15 is 0 Å². The van der Waals surface area contributed by atoms with Crippen LogP contribution in [0.15, 0.2) is 30.6 Å². The van der Waals surface area contributed by atoms with Crippen molar-refractivity contribution in [2.24, 2.45) is 0 Å². The molecular weight excluding hydrogens is 242 g/mol. The number of benzene rings is 1. The molecule has 0 aliphatic rings. The SMILES string of the molecule is CNCCn1ccnc1-c1c(OC)cccc1OC. The number of ether oxygens (including phenoxy) is 2. The number of hydrogen-bond donors (Lipinski definition) is 1. The summed E-state index contributed by atoms with van der Waals surface area (Å²) in [7, 11) is 5.23. The molecular formula is C14H19N3O2. The maximum absolute atomic E-state index is 5.42. The zero-order chi connectivity index (χ0) is 13.7. The molecule has 5 heteroatoms. The third kappa shape index (κ3) is 2.71. The van der Waals surface area contributed by atoms with E-state index in [2.05, 4.69) is 14.9 Å². The van der Waals surface area contributed by atoms with Crippen LogP contribution in [0.3, 0.4) is 0 Å². The standard InChI is InChI=1S/C14H19N3O2/c1-15-7-9-17-10-8-16-14(17)13-11(18-2)5-4-6-12(13)19-3/h4-6,8,10,15H,7,9H2,1-3H3. The van der Waals surface area contributed by atoms with E-state index in [0.29, 0.717) is 0 Å². The van der Waals surface area contributed by atoms with E-state index in [4.69, 9.17) is 9.47 Å². The van der Waals surface area contributed by atoms with Crippen LogP contribution in [0.25, 0.3) is 11.4 Å². The van der Waals surface area contributed by atoms with E-state index in [-0.39, 0.29) is 0 Å². The number of likely N-dealkylation sites (N-methyl/N-ethyl adjacent to an activating group) is 1. The molecule has 19 heavy (non-hydrogen) atoms. The van der Waals surface area contributed by atoms with Gasteiger partial charge in [-0.2, -0.15) is 0 Å². The molecule has 102 valence electrons. The maximum atomic E-state index is 5.42. The van der Waals surface area contributed by atoms with Gasteiger partial charge in [0.25, 0.3) is 0 Å². The molecule has 0 radical (unpaired) electrons. The monoisotopic (exact) mass is 261 g/mol. The molecule has 1 aromatic heterocycles. The molecule has 0 amide bonds. The van der Waals surface area contributed by atoms with Crippen molar-refractivity contribution in [2.45, 2.75) is 6.54 Å². The van der Waals surface area contributed by atoms with Gasteiger partial charge in [0, 0.05) is 25.5 Å². The summed E-state index contributed by atoms with van der Waals surface area (Å²) in [6.45, 7) is 1.72. The predicted molar refractivity (Wildman–Crippen MR) is 74.7 cm³/mol. The molecule has 1 N–H and O–H groups in total. The largest absolute Gasteiger partial charge is 0.496 e. The Bertz CT molecular complexity index is 515. The van der Waals surface area contributed by atoms with E-state index in [9.17, 15) is 0 Å². The second-order valence-electron chi connectivity index (χ2n) is 4.09. The van der Waals surface area contributed by atoms with Crippen LogP contribution in [0.5, 0.6) is 11.5 Å². The number of hydrogen-bond acceptors (Lipinski definition) is 4. The summed E-state index contributed by atoms with van der Waals surface area (Å²) >= 11 is 0. The molecule has 0 aliphatic heterocycles. The van der Waals surface area contributed by atoms with E-state index in [1.807, 2.05) is 31.4 Å². The second kappa shape index (κ2) is 6.24. The molecule has 0 bridgehead atoms. The Labute approximate surface area is 113 Å². The van der Waals surface area contributed by atoms with E-state index < -0.39 is 0 Å². The first-order valence-electron chi connectivity index (χ1n) is 6.19. The molecule has 0 unspecified atom stereocenters. The van der Waals surface area contributed by atoms with Gasteiger partial charge in [-0.25, -0.2) is 4.98 Å².